The van der Waals surface area contributed by atoms with Crippen molar-refractivity contribution in [2.75, 3.05) is 4.90 Å². The number of nitrogens with zero attached hydrogens (tertiary/aromatic N) is 2. The van der Waals surface area contributed by atoms with Crippen molar-refractivity contribution in [3.63, 3.8) is 0 Å². The number of hydrogen-bond donors (Lipinski definition) is 0. The maximum Gasteiger partial charge on any atom is 0.294 e. The van der Waals surface area contributed by atoms with Gasteiger partial charge in [-0.1, -0.05) is 66.7 Å². The number of furan rings is 1. The van der Waals surface area contributed by atoms with Gasteiger partial charge in [-0.25, -0.2) is 0 Å². The number of aromatic nitrogens is 1. The van der Waals surface area contributed by atoms with Gasteiger partial charge in [-0.3, -0.25) is 9.78 Å². The van der Waals surface area contributed by atoms with E-state index in [9.17, 15) is 4.79 Å². The number of rotatable bonds is 5. The van der Waals surface area contributed by atoms with Gasteiger partial charge in [0.1, 0.15) is 5.58 Å². The monoisotopic (exact) mass is 404 g/mol. The minimum atomic E-state index is -0.187. The second-order valence-corrected chi connectivity index (χ2v) is 7.31. The van der Waals surface area contributed by atoms with Crippen LogP contribution in [0.4, 0.5) is 5.69 Å². The molecule has 4 heteroatoms. The molecule has 1 amide bonds. The van der Waals surface area contributed by atoms with Crippen molar-refractivity contribution in [3.05, 3.63) is 121 Å². The molecule has 0 spiro atoms. The fourth-order valence-corrected chi connectivity index (χ4v) is 3.64. The van der Waals surface area contributed by atoms with Crippen LogP contribution in [0, 0.1) is 0 Å². The normalized spacial score (nSPS) is 10.8. The molecule has 0 radical (unpaired) electrons. The summed E-state index contributed by atoms with van der Waals surface area (Å²) in [5, 5.41) is 0.909. The molecule has 0 unspecified atom stereocenters. The van der Waals surface area contributed by atoms with E-state index in [4.69, 9.17) is 4.42 Å². The van der Waals surface area contributed by atoms with Crippen LogP contribution in [0.25, 0.3) is 22.1 Å². The van der Waals surface area contributed by atoms with Crippen LogP contribution < -0.4 is 4.90 Å². The summed E-state index contributed by atoms with van der Waals surface area (Å²) < 4.78 is 5.86. The predicted octanol–water partition coefficient (Wildman–Crippen LogP) is 6.34. The van der Waals surface area contributed by atoms with Gasteiger partial charge in [0.05, 0.1) is 6.54 Å². The third kappa shape index (κ3) is 3.96. The molecular weight excluding hydrogens is 384 g/mol. The molecule has 0 N–H and O–H groups in total. The lowest BCUT2D eigenvalue weighted by atomic mass is 10.1. The van der Waals surface area contributed by atoms with Crippen LogP contribution in [0.1, 0.15) is 16.1 Å². The van der Waals surface area contributed by atoms with E-state index < -0.39 is 0 Å². The van der Waals surface area contributed by atoms with Gasteiger partial charge in [-0.05, 0) is 47.0 Å². The SMILES string of the molecule is O=C(c1cc2ccccc2o1)N(Cc1cccnc1)c1ccc(-c2ccccc2)cc1. The Bertz CT molecular complexity index is 1280. The zero-order valence-electron chi connectivity index (χ0n) is 16.8. The van der Waals surface area contributed by atoms with Crippen LogP contribution in [-0.2, 0) is 6.54 Å². The lowest BCUT2D eigenvalue weighted by Crippen LogP contribution is -2.30. The molecule has 2 aromatic heterocycles. The Kier molecular flexibility index (Phi) is 5.03. The number of amides is 1. The molecule has 0 aliphatic heterocycles. The Labute approximate surface area is 180 Å². The topological polar surface area (TPSA) is 46.3 Å². The third-order valence-electron chi connectivity index (χ3n) is 5.23. The first-order valence-corrected chi connectivity index (χ1v) is 10.1. The number of pyridine rings is 1. The maximum absolute atomic E-state index is 13.5. The summed E-state index contributed by atoms with van der Waals surface area (Å²) in [4.78, 5) is 19.4. The molecule has 0 aliphatic rings. The summed E-state index contributed by atoms with van der Waals surface area (Å²) >= 11 is 0. The van der Waals surface area contributed by atoms with E-state index >= 15 is 0 Å². The molecule has 31 heavy (non-hydrogen) atoms. The fourth-order valence-electron chi connectivity index (χ4n) is 3.64. The number of hydrogen-bond acceptors (Lipinski definition) is 3. The minimum absolute atomic E-state index is 0.187. The molecule has 0 saturated heterocycles. The zero-order chi connectivity index (χ0) is 21.0. The molecule has 2 heterocycles. The summed E-state index contributed by atoms with van der Waals surface area (Å²) in [5.41, 5.74) is 4.68. The molecule has 4 nitrogen and oxygen atoms in total. The number of fused-ring (bicyclic) bond motifs is 1. The molecule has 0 fully saturated rings. The number of benzene rings is 3. The Morgan fingerprint density at radius 2 is 1.55 bits per heavy atom. The van der Waals surface area contributed by atoms with E-state index in [2.05, 4.69) is 17.1 Å². The molecule has 3 aromatic carbocycles. The molecule has 150 valence electrons. The highest BCUT2D eigenvalue weighted by Gasteiger charge is 2.22. The molecular formula is C27H20N2O2. The van der Waals surface area contributed by atoms with Crippen molar-refractivity contribution in [2.24, 2.45) is 0 Å². The van der Waals surface area contributed by atoms with E-state index in [1.165, 1.54) is 0 Å². The standard InChI is InChI=1S/C27H20N2O2/c30-27(26-17-23-10-4-5-11-25(23)31-26)29(19-20-7-6-16-28-18-20)24-14-12-22(13-15-24)21-8-2-1-3-9-21/h1-18H,19H2. The highest BCUT2D eigenvalue weighted by molar-refractivity contribution is 6.06. The van der Waals surface area contributed by atoms with E-state index in [0.717, 1.165) is 27.8 Å². The molecule has 0 bridgehead atoms. The molecule has 0 saturated carbocycles. The maximum atomic E-state index is 13.5. The second kappa shape index (κ2) is 8.28. The Hall–Kier alpha value is -4.18. The van der Waals surface area contributed by atoms with Crippen molar-refractivity contribution >= 4 is 22.6 Å². The van der Waals surface area contributed by atoms with Crippen molar-refractivity contribution < 1.29 is 9.21 Å². The average molecular weight is 404 g/mol. The van der Waals surface area contributed by atoms with Crippen molar-refractivity contribution in [1.29, 1.82) is 0 Å². The van der Waals surface area contributed by atoms with Crippen LogP contribution in [0.2, 0.25) is 0 Å². The van der Waals surface area contributed by atoms with Gasteiger partial charge in [0.25, 0.3) is 5.91 Å². The first-order valence-electron chi connectivity index (χ1n) is 10.1. The van der Waals surface area contributed by atoms with E-state index in [0.29, 0.717) is 17.9 Å². The van der Waals surface area contributed by atoms with Gasteiger partial charge in [0, 0.05) is 23.5 Å². The Morgan fingerprint density at radius 3 is 2.29 bits per heavy atom. The second-order valence-electron chi connectivity index (χ2n) is 7.31. The van der Waals surface area contributed by atoms with Gasteiger partial charge < -0.3 is 9.32 Å². The van der Waals surface area contributed by atoms with Gasteiger partial charge in [0.15, 0.2) is 5.76 Å². The number of anilines is 1. The van der Waals surface area contributed by atoms with Gasteiger partial charge in [-0.2, -0.15) is 0 Å². The summed E-state index contributed by atoms with van der Waals surface area (Å²) in [7, 11) is 0. The minimum Gasteiger partial charge on any atom is -0.451 e. The quantitative estimate of drug-likeness (QED) is 0.343. The highest BCUT2D eigenvalue weighted by atomic mass is 16.3. The lowest BCUT2D eigenvalue weighted by Gasteiger charge is -2.22. The Balaban J connectivity index is 1.51. The van der Waals surface area contributed by atoms with Gasteiger partial charge in [-0.15, -0.1) is 0 Å². The van der Waals surface area contributed by atoms with Crippen molar-refractivity contribution in [3.8, 4) is 11.1 Å². The van der Waals surface area contributed by atoms with Crippen LogP contribution in [0.3, 0.4) is 0 Å². The van der Waals surface area contributed by atoms with Crippen molar-refractivity contribution in [2.45, 2.75) is 6.54 Å². The van der Waals surface area contributed by atoms with E-state index in [1.54, 1.807) is 23.4 Å². The average Bonchev–Trinajstić information content (AvgIpc) is 3.28. The predicted molar refractivity (Wildman–Crippen MR) is 123 cm³/mol. The van der Waals surface area contributed by atoms with Crippen LogP contribution in [0.15, 0.2) is 114 Å². The van der Waals surface area contributed by atoms with E-state index in [-0.39, 0.29) is 5.91 Å². The fraction of sp³-hybridized carbons (Fsp3) is 0.0370. The number of para-hydroxylation sites is 1. The number of carbonyl (C=O) groups excluding carboxylic acids is 1. The first kappa shape index (κ1) is 18.8. The lowest BCUT2D eigenvalue weighted by molar-refractivity contribution is 0.0960. The first-order chi connectivity index (χ1) is 15.3. The largest absolute Gasteiger partial charge is 0.451 e. The number of carbonyl (C=O) groups is 1. The van der Waals surface area contributed by atoms with Crippen LogP contribution in [-0.4, -0.2) is 10.9 Å². The molecule has 0 aliphatic carbocycles. The zero-order valence-corrected chi connectivity index (χ0v) is 16.8. The summed E-state index contributed by atoms with van der Waals surface area (Å²) in [6.45, 7) is 0.397. The summed E-state index contributed by atoms with van der Waals surface area (Å²) in [5.74, 6) is 0.129. The van der Waals surface area contributed by atoms with Crippen LogP contribution >= 0.6 is 0 Å². The van der Waals surface area contributed by atoms with E-state index in [1.807, 2.05) is 78.9 Å². The van der Waals surface area contributed by atoms with Gasteiger partial charge >= 0.3 is 0 Å². The molecule has 5 rings (SSSR count). The molecule has 5 aromatic rings. The van der Waals surface area contributed by atoms with Crippen LogP contribution in [0.5, 0.6) is 0 Å². The highest BCUT2D eigenvalue weighted by Crippen LogP contribution is 2.27. The van der Waals surface area contributed by atoms with Crippen molar-refractivity contribution in [1.82, 2.24) is 4.98 Å². The summed E-state index contributed by atoms with van der Waals surface area (Å²) in [6.07, 6.45) is 3.50. The Morgan fingerprint density at radius 1 is 0.806 bits per heavy atom. The molecule has 0 atom stereocenters. The van der Waals surface area contributed by atoms with Gasteiger partial charge in [0.2, 0.25) is 0 Å². The summed E-state index contributed by atoms with van der Waals surface area (Å²) in [6, 6.07) is 31.5. The third-order valence-corrected chi connectivity index (χ3v) is 5.23. The smallest absolute Gasteiger partial charge is 0.294 e.